The lowest BCUT2D eigenvalue weighted by Crippen LogP contribution is -2.52. The number of rotatable bonds is 9. The first-order valence-corrected chi connectivity index (χ1v) is 8.57. The Morgan fingerprint density at radius 2 is 2.05 bits per heavy atom. The van der Waals surface area contributed by atoms with Crippen LogP contribution >= 0.6 is 15.9 Å². The molecular formula is C17H27BrFNO. The average molecular weight is 360 g/mol. The molecule has 0 radical (unpaired) electrons. The molecule has 2 unspecified atom stereocenters. The number of halogens is 2. The molecule has 21 heavy (non-hydrogen) atoms. The molecule has 0 amide bonds. The zero-order valence-electron chi connectivity index (χ0n) is 13.5. The van der Waals surface area contributed by atoms with E-state index in [-0.39, 0.29) is 17.5 Å². The Kier molecular flexibility index (Phi) is 7.85. The van der Waals surface area contributed by atoms with E-state index < -0.39 is 0 Å². The van der Waals surface area contributed by atoms with Crippen molar-refractivity contribution < 1.29 is 9.13 Å². The summed E-state index contributed by atoms with van der Waals surface area (Å²) in [7, 11) is 0. The number of hydrogen-bond donors (Lipinski definition) is 1. The first-order chi connectivity index (χ1) is 9.96. The molecule has 120 valence electrons. The van der Waals surface area contributed by atoms with Crippen LogP contribution < -0.4 is 5.32 Å². The maximum Gasteiger partial charge on any atom is 0.126 e. The van der Waals surface area contributed by atoms with Gasteiger partial charge in [-0.1, -0.05) is 29.8 Å². The Morgan fingerprint density at radius 3 is 2.62 bits per heavy atom. The summed E-state index contributed by atoms with van der Waals surface area (Å²) in [6.07, 6.45) is 2.55. The lowest BCUT2D eigenvalue weighted by atomic mass is 9.88. The van der Waals surface area contributed by atoms with Crippen molar-refractivity contribution in [1.29, 1.82) is 0 Å². The van der Waals surface area contributed by atoms with E-state index in [4.69, 9.17) is 4.74 Å². The van der Waals surface area contributed by atoms with Crippen LogP contribution in [0.25, 0.3) is 0 Å². The minimum absolute atomic E-state index is 0.0891. The molecule has 2 nitrogen and oxygen atoms in total. The van der Waals surface area contributed by atoms with Crippen molar-refractivity contribution in [2.75, 3.05) is 13.2 Å². The van der Waals surface area contributed by atoms with Crippen LogP contribution in [0.3, 0.4) is 0 Å². The topological polar surface area (TPSA) is 21.3 Å². The maximum atomic E-state index is 14.0. The van der Waals surface area contributed by atoms with Gasteiger partial charge in [-0.25, -0.2) is 4.39 Å². The number of benzene rings is 1. The van der Waals surface area contributed by atoms with E-state index in [1.807, 2.05) is 13.0 Å². The number of nitrogens with one attached hydrogen (secondary N) is 1. The summed E-state index contributed by atoms with van der Waals surface area (Å²) in [5.74, 6) is -0.156. The van der Waals surface area contributed by atoms with Gasteiger partial charge in [0.15, 0.2) is 0 Å². The highest BCUT2D eigenvalue weighted by atomic mass is 79.9. The fourth-order valence-corrected chi connectivity index (χ4v) is 2.93. The summed E-state index contributed by atoms with van der Waals surface area (Å²) >= 11 is 3.42. The van der Waals surface area contributed by atoms with E-state index >= 15 is 0 Å². The Labute approximate surface area is 136 Å². The molecule has 4 heteroatoms. The molecule has 0 bridgehead atoms. The Balaban J connectivity index is 2.98. The third-order valence-corrected chi connectivity index (χ3v) is 4.48. The van der Waals surface area contributed by atoms with E-state index in [2.05, 4.69) is 42.0 Å². The Morgan fingerprint density at radius 1 is 1.33 bits per heavy atom. The third kappa shape index (κ3) is 5.35. The zero-order chi connectivity index (χ0) is 15.9. The summed E-state index contributed by atoms with van der Waals surface area (Å²) in [6.45, 7) is 9.93. The second-order valence-corrected chi connectivity index (χ2v) is 6.46. The van der Waals surface area contributed by atoms with Crippen LogP contribution in [-0.2, 0) is 11.2 Å². The van der Waals surface area contributed by atoms with Gasteiger partial charge in [-0.15, -0.1) is 0 Å². The Bertz CT molecular complexity index is 441. The van der Waals surface area contributed by atoms with E-state index in [0.717, 1.165) is 29.4 Å². The van der Waals surface area contributed by atoms with Crippen LogP contribution in [0.5, 0.6) is 0 Å². The molecule has 0 saturated carbocycles. The second-order valence-electron chi connectivity index (χ2n) is 5.55. The van der Waals surface area contributed by atoms with Crippen LogP contribution in [0, 0.1) is 5.82 Å². The molecule has 0 aliphatic heterocycles. The zero-order valence-corrected chi connectivity index (χ0v) is 15.1. The molecule has 0 aliphatic rings. The summed E-state index contributed by atoms with van der Waals surface area (Å²) in [5, 5.41) is 3.53. The predicted octanol–water partition coefficient (Wildman–Crippen LogP) is 4.70. The largest absolute Gasteiger partial charge is 0.374 e. The van der Waals surface area contributed by atoms with Crippen molar-refractivity contribution >= 4 is 15.9 Å². The molecule has 0 heterocycles. The van der Waals surface area contributed by atoms with Gasteiger partial charge in [0.25, 0.3) is 0 Å². The highest BCUT2D eigenvalue weighted by molar-refractivity contribution is 9.10. The van der Waals surface area contributed by atoms with Gasteiger partial charge in [-0.3, -0.25) is 0 Å². The normalized spacial score (nSPS) is 15.7. The molecule has 2 atom stereocenters. The van der Waals surface area contributed by atoms with Crippen LogP contribution in [0.15, 0.2) is 22.7 Å². The van der Waals surface area contributed by atoms with Crippen molar-refractivity contribution in [3.8, 4) is 0 Å². The van der Waals surface area contributed by atoms with Gasteiger partial charge in [-0.05, 0) is 63.4 Å². The van der Waals surface area contributed by atoms with Crippen molar-refractivity contribution in [2.24, 2.45) is 0 Å². The highest BCUT2D eigenvalue weighted by Gasteiger charge is 2.33. The standard InChI is InChI=1S/C17H27BrFNO/c1-5-10-20-16(17(4,6-2)21-7-3)12-13-11-14(18)8-9-15(13)19/h8-9,11,16,20H,5-7,10,12H2,1-4H3. The smallest absolute Gasteiger partial charge is 0.126 e. The molecule has 0 spiro atoms. The molecule has 0 aromatic heterocycles. The molecule has 1 aromatic carbocycles. The number of ether oxygens (including phenoxy) is 1. The van der Waals surface area contributed by atoms with Gasteiger partial charge >= 0.3 is 0 Å². The number of hydrogen-bond acceptors (Lipinski definition) is 2. The van der Waals surface area contributed by atoms with E-state index in [9.17, 15) is 4.39 Å². The monoisotopic (exact) mass is 359 g/mol. The summed E-state index contributed by atoms with van der Waals surface area (Å²) in [4.78, 5) is 0. The van der Waals surface area contributed by atoms with Crippen molar-refractivity contribution in [3.05, 3.63) is 34.1 Å². The van der Waals surface area contributed by atoms with Crippen molar-refractivity contribution in [1.82, 2.24) is 5.32 Å². The fraction of sp³-hybridized carbons (Fsp3) is 0.647. The third-order valence-electron chi connectivity index (χ3n) is 3.99. The van der Waals surface area contributed by atoms with Gasteiger partial charge in [0.2, 0.25) is 0 Å². The lowest BCUT2D eigenvalue weighted by molar-refractivity contribution is -0.0551. The minimum Gasteiger partial charge on any atom is -0.374 e. The first kappa shape index (κ1) is 18.6. The maximum absolute atomic E-state index is 14.0. The molecular weight excluding hydrogens is 333 g/mol. The molecule has 0 fully saturated rings. The predicted molar refractivity (Wildman–Crippen MR) is 90.2 cm³/mol. The van der Waals surface area contributed by atoms with Gasteiger partial charge in [-0.2, -0.15) is 0 Å². The van der Waals surface area contributed by atoms with E-state index in [0.29, 0.717) is 13.0 Å². The molecule has 1 N–H and O–H groups in total. The fourth-order valence-electron chi connectivity index (χ4n) is 2.52. The molecule has 0 aliphatic carbocycles. The SMILES string of the molecule is CCCNC(Cc1cc(Br)ccc1F)C(C)(CC)OCC. The molecule has 0 saturated heterocycles. The van der Waals surface area contributed by atoms with Crippen LogP contribution in [-0.4, -0.2) is 24.8 Å². The quantitative estimate of drug-likeness (QED) is 0.689. The van der Waals surface area contributed by atoms with E-state index in [1.165, 1.54) is 6.07 Å². The summed E-state index contributed by atoms with van der Waals surface area (Å²) < 4.78 is 20.9. The molecule has 1 rings (SSSR count). The van der Waals surface area contributed by atoms with Gasteiger partial charge in [0.1, 0.15) is 5.82 Å². The van der Waals surface area contributed by atoms with E-state index in [1.54, 1.807) is 6.07 Å². The lowest BCUT2D eigenvalue weighted by Gasteiger charge is -2.37. The highest BCUT2D eigenvalue weighted by Crippen LogP contribution is 2.25. The average Bonchev–Trinajstić information content (AvgIpc) is 2.47. The van der Waals surface area contributed by atoms with Gasteiger partial charge in [0.05, 0.1) is 5.60 Å². The van der Waals surface area contributed by atoms with Crippen LogP contribution in [0.2, 0.25) is 0 Å². The Hall–Kier alpha value is -0.450. The minimum atomic E-state index is -0.293. The van der Waals surface area contributed by atoms with Gasteiger partial charge < -0.3 is 10.1 Å². The van der Waals surface area contributed by atoms with Crippen molar-refractivity contribution in [2.45, 2.75) is 58.6 Å². The first-order valence-electron chi connectivity index (χ1n) is 7.78. The second kappa shape index (κ2) is 8.86. The van der Waals surface area contributed by atoms with Crippen LogP contribution in [0.1, 0.15) is 46.1 Å². The van der Waals surface area contributed by atoms with Gasteiger partial charge in [0, 0.05) is 17.1 Å². The summed E-state index contributed by atoms with van der Waals surface area (Å²) in [5.41, 5.74) is 0.427. The molecule has 1 aromatic rings. The summed E-state index contributed by atoms with van der Waals surface area (Å²) in [6, 6.07) is 5.19. The van der Waals surface area contributed by atoms with Crippen molar-refractivity contribution in [3.63, 3.8) is 0 Å². The van der Waals surface area contributed by atoms with Crippen LogP contribution in [0.4, 0.5) is 4.39 Å².